The van der Waals surface area contributed by atoms with E-state index in [0.29, 0.717) is 25.9 Å². The molecule has 0 atom stereocenters. The maximum absolute atomic E-state index is 12.6. The first-order chi connectivity index (χ1) is 14.6. The third-order valence-electron chi connectivity index (χ3n) is 6.19. The number of carbonyl (C=O) groups excluding carboxylic acids is 2. The summed E-state index contributed by atoms with van der Waals surface area (Å²) in [5.74, 6) is -0.306. The van der Waals surface area contributed by atoms with Crippen molar-refractivity contribution in [3.63, 3.8) is 0 Å². The van der Waals surface area contributed by atoms with Gasteiger partial charge >= 0.3 is 12.1 Å². The molecule has 2 aliphatic rings. The number of rotatable bonds is 6. The Hall–Kier alpha value is -2.37. The summed E-state index contributed by atoms with van der Waals surface area (Å²) in [7, 11) is 0. The van der Waals surface area contributed by atoms with Crippen LogP contribution in [-0.4, -0.2) is 40.5 Å². The second-order valence-electron chi connectivity index (χ2n) is 10.4. The fourth-order valence-electron chi connectivity index (χ4n) is 4.67. The molecule has 31 heavy (non-hydrogen) atoms. The lowest BCUT2D eigenvalue weighted by molar-refractivity contribution is -0.138. The minimum absolute atomic E-state index is 0.00164. The van der Waals surface area contributed by atoms with E-state index in [1.54, 1.807) is 4.90 Å². The van der Waals surface area contributed by atoms with Gasteiger partial charge in [0.25, 0.3) is 0 Å². The van der Waals surface area contributed by atoms with E-state index in [1.807, 2.05) is 12.1 Å². The van der Waals surface area contributed by atoms with Gasteiger partial charge in [0.15, 0.2) is 0 Å². The quantitative estimate of drug-likeness (QED) is 0.705. The molecule has 3 rings (SSSR count). The molecule has 0 bridgehead atoms. The van der Waals surface area contributed by atoms with Crippen molar-refractivity contribution < 1.29 is 24.2 Å². The molecule has 1 saturated carbocycles. The molecule has 1 fully saturated rings. The van der Waals surface area contributed by atoms with Crippen molar-refractivity contribution in [1.82, 2.24) is 4.90 Å². The number of Topliss-reactive ketones (excluding diaryl/α,β-unsaturated/α-hetero) is 1. The number of carboxylic acid groups (broad SMARTS) is 1. The molecule has 1 aliphatic heterocycles. The number of carbonyl (C=O) groups is 3. The zero-order chi connectivity index (χ0) is 22.6. The molecule has 0 spiro atoms. The van der Waals surface area contributed by atoms with E-state index < -0.39 is 5.97 Å². The number of ketones is 1. The minimum Gasteiger partial charge on any atom is -0.481 e. The first-order valence-corrected chi connectivity index (χ1v) is 11.4. The highest BCUT2D eigenvalue weighted by Gasteiger charge is 2.28. The van der Waals surface area contributed by atoms with Crippen LogP contribution in [0.25, 0.3) is 0 Å². The van der Waals surface area contributed by atoms with Gasteiger partial charge in [0.1, 0.15) is 11.9 Å². The van der Waals surface area contributed by atoms with Gasteiger partial charge in [-0.3, -0.25) is 9.59 Å². The Morgan fingerprint density at radius 2 is 1.81 bits per heavy atom. The fraction of sp³-hybridized carbons (Fsp3) is 0.640. The second-order valence-corrected chi connectivity index (χ2v) is 10.4. The van der Waals surface area contributed by atoms with E-state index >= 15 is 0 Å². The van der Waals surface area contributed by atoms with Crippen molar-refractivity contribution in [2.45, 2.75) is 84.8 Å². The number of ether oxygens (including phenoxy) is 1. The van der Waals surface area contributed by atoms with Gasteiger partial charge in [-0.25, -0.2) is 4.79 Å². The highest BCUT2D eigenvalue weighted by molar-refractivity contribution is 5.81. The summed E-state index contributed by atoms with van der Waals surface area (Å²) < 4.78 is 5.72. The Balaban J connectivity index is 1.50. The highest BCUT2D eigenvalue weighted by Crippen LogP contribution is 2.30. The van der Waals surface area contributed by atoms with Gasteiger partial charge in [-0.15, -0.1) is 0 Å². The van der Waals surface area contributed by atoms with Gasteiger partial charge in [0, 0.05) is 32.4 Å². The average Bonchev–Trinajstić information content (AvgIpc) is 2.67. The Kier molecular flexibility index (Phi) is 7.39. The Morgan fingerprint density at radius 3 is 2.45 bits per heavy atom. The zero-order valence-corrected chi connectivity index (χ0v) is 19.0. The van der Waals surface area contributed by atoms with Gasteiger partial charge in [0.05, 0.1) is 0 Å². The molecule has 1 N–H and O–H groups in total. The number of carboxylic acids is 1. The lowest BCUT2D eigenvalue weighted by atomic mass is 9.85. The van der Waals surface area contributed by atoms with Crippen LogP contribution in [-0.2, 0) is 33.7 Å². The molecule has 6 nitrogen and oxygen atoms in total. The van der Waals surface area contributed by atoms with E-state index in [-0.39, 0.29) is 35.7 Å². The molecule has 0 aromatic heterocycles. The van der Waals surface area contributed by atoms with Crippen LogP contribution in [0.2, 0.25) is 0 Å². The van der Waals surface area contributed by atoms with Crippen molar-refractivity contribution in [1.29, 1.82) is 0 Å². The van der Waals surface area contributed by atoms with E-state index in [0.717, 1.165) is 43.2 Å². The van der Waals surface area contributed by atoms with Gasteiger partial charge < -0.3 is 14.7 Å². The van der Waals surface area contributed by atoms with Crippen molar-refractivity contribution in [2.75, 3.05) is 6.54 Å². The van der Waals surface area contributed by atoms with Crippen LogP contribution in [0.15, 0.2) is 18.2 Å². The van der Waals surface area contributed by atoms with Crippen molar-refractivity contribution >= 4 is 17.8 Å². The molecule has 0 unspecified atom stereocenters. The van der Waals surface area contributed by atoms with E-state index in [4.69, 9.17) is 9.84 Å². The largest absolute Gasteiger partial charge is 0.481 e. The maximum Gasteiger partial charge on any atom is 0.410 e. The van der Waals surface area contributed by atoms with Crippen LogP contribution < -0.4 is 0 Å². The number of nitrogens with zero attached hydrogens (tertiary/aromatic N) is 1. The molecular formula is C25H35NO5. The van der Waals surface area contributed by atoms with Gasteiger partial charge in [-0.1, -0.05) is 39.0 Å². The van der Waals surface area contributed by atoms with Crippen LogP contribution in [0.1, 0.15) is 76.0 Å². The smallest absolute Gasteiger partial charge is 0.410 e. The molecule has 170 valence electrons. The molecule has 1 aromatic carbocycles. The van der Waals surface area contributed by atoms with E-state index in [9.17, 15) is 14.4 Å². The predicted molar refractivity (Wildman–Crippen MR) is 118 cm³/mol. The molecule has 1 amide bonds. The van der Waals surface area contributed by atoms with Crippen LogP contribution in [0, 0.1) is 11.3 Å². The summed E-state index contributed by atoms with van der Waals surface area (Å²) in [6.07, 6.45) is 4.66. The number of fused-ring (bicyclic) bond motifs is 1. The summed E-state index contributed by atoms with van der Waals surface area (Å²) in [6, 6.07) is 6.14. The number of hydrogen-bond acceptors (Lipinski definition) is 4. The summed E-state index contributed by atoms with van der Waals surface area (Å²) in [6.45, 7) is 7.37. The standard InChI is InChI=1S/C25H35NO5/c1-25(2,3)15-21(27)13-18-4-7-20-16-26(11-10-19(20)12-18)24(30)31-22-8-5-17(6-9-22)14-23(28)29/h4,7,12,17,22H,5-6,8-11,13-16H2,1-3H3,(H,28,29). The third-order valence-corrected chi connectivity index (χ3v) is 6.19. The van der Waals surface area contributed by atoms with Crippen molar-refractivity contribution in [3.8, 4) is 0 Å². The third kappa shape index (κ3) is 7.08. The number of benzene rings is 1. The lowest BCUT2D eigenvalue weighted by Crippen LogP contribution is -2.39. The summed E-state index contributed by atoms with van der Waals surface area (Å²) in [5, 5.41) is 8.92. The number of hydrogen-bond donors (Lipinski definition) is 1. The van der Waals surface area contributed by atoms with Gasteiger partial charge in [-0.05, 0) is 60.1 Å². The summed E-state index contributed by atoms with van der Waals surface area (Å²) in [4.78, 5) is 37.5. The number of amides is 1. The molecule has 0 radical (unpaired) electrons. The van der Waals surface area contributed by atoms with E-state index in [2.05, 4.69) is 26.8 Å². The topological polar surface area (TPSA) is 83.9 Å². The molecule has 6 heteroatoms. The van der Waals surface area contributed by atoms with E-state index in [1.165, 1.54) is 5.56 Å². The first kappa shape index (κ1) is 23.3. The van der Waals surface area contributed by atoms with Crippen LogP contribution in [0.4, 0.5) is 4.79 Å². The molecule has 1 heterocycles. The summed E-state index contributed by atoms with van der Waals surface area (Å²) >= 11 is 0. The van der Waals surface area contributed by atoms with Gasteiger partial charge in [0.2, 0.25) is 0 Å². The van der Waals surface area contributed by atoms with Gasteiger partial charge in [-0.2, -0.15) is 0 Å². The zero-order valence-electron chi connectivity index (χ0n) is 19.0. The fourth-order valence-corrected chi connectivity index (χ4v) is 4.67. The monoisotopic (exact) mass is 429 g/mol. The van der Waals surface area contributed by atoms with Crippen molar-refractivity contribution in [3.05, 3.63) is 34.9 Å². The Labute approximate surface area is 185 Å². The maximum atomic E-state index is 12.6. The van der Waals surface area contributed by atoms with Crippen LogP contribution in [0.3, 0.4) is 0 Å². The van der Waals surface area contributed by atoms with Crippen LogP contribution >= 0.6 is 0 Å². The first-order valence-electron chi connectivity index (χ1n) is 11.4. The number of aliphatic carboxylic acids is 1. The Morgan fingerprint density at radius 1 is 1.10 bits per heavy atom. The lowest BCUT2D eigenvalue weighted by Gasteiger charge is -2.32. The minimum atomic E-state index is -0.755. The SMILES string of the molecule is CC(C)(C)CC(=O)Cc1ccc2c(c1)CCN(C(=O)OC1CCC(CC(=O)O)CC1)C2. The Bertz CT molecular complexity index is 818. The molecule has 0 saturated heterocycles. The molecule has 1 aromatic rings. The average molecular weight is 430 g/mol. The van der Waals surface area contributed by atoms with Crippen LogP contribution in [0.5, 0.6) is 0 Å². The normalized spacial score (nSPS) is 21.3. The molecular weight excluding hydrogens is 394 g/mol. The molecule has 1 aliphatic carbocycles. The summed E-state index contributed by atoms with van der Waals surface area (Å²) in [5.41, 5.74) is 3.36. The van der Waals surface area contributed by atoms with Crippen molar-refractivity contribution in [2.24, 2.45) is 11.3 Å². The second kappa shape index (κ2) is 9.84. The predicted octanol–water partition coefficient (Wildman–Crippen LogP) is 4.76. The highest BCUT2D eigenvalue weighted by atomic mass is 16.6.